The summed E-state index contributed by atoms with van der Waals surface area (Å²) in [7, 11) is 1.52. The van der Waals surface area contributed by atoms with Crippen LogP contribution in [-0.4, -0.2) is 38.0 Å². The summed E-state index contributed by atoms with van der Waals surface area (Å²) in [6.07, 6.45) is 2.65. The number of hydrogen-bond acceptors (Lipinski definition) is 5. The zero-order valence-electron chi connectivity index (χ0n) is 15.4. The van der Waals surface area contributed by atoms with Crippen molar-refractivity contribution in [3.05, 3.63) is 65.7 Å². The molecule has 0 unspecified atom stereocenters. The van der Waals surface area contributed by atoms with Crippen molar-refractivity contribution in [2.75, 3.05) is 25.6 Å². The number of rotatable bonds is 8. The summed E-state index contributed by atoms with van der Waals surface area (Å²) in [4.78, 5) is 35.0. The molecule has 2 amide bonds. The van der Waals surface area contributed by atoms with Crippen molar-refractivity contribution in [3.8, 4) is 5.75 Å². The number of carbonyl (C=O) groups excluding carboxylic acids is 3. The number of ether oxygens (including phenoxy) is 2. The Morgan fingerprint density at radius 2 is 1.83 bits per heavy atom. The van der Waals surface area contributed by atoms with Gasteiger partial charge in [-0.05, 0) is 35.9 Å². The van der Waals surface area contributed by atoms with Gasteiger partial charge in [0, 0.05) is 17.8 Å². The summed E-state index contributed by atoms with van der Waals surface area (Å²) in [5, 5.41) is 4.52. The zero-order chi connectivity index (χ0) is 21.2. The number of amides is 2. The van der Waals surface area contributed by atoms with E-state index in [0.717, 1.165) is 18.2 Å². The minimum atomic E-state index is -1.11. The molecule has 0 aliphatic carbocycles. The number of hydrogen-bond donors (Lipinski definition) is 2. The first-order valence-electron chi connectivity index (χ1n) is 8.38. The van der Waals surface area contributed by atoms with Crippen LogP contribution in [0.25, 0.3) is 6.08 Å². The third-order valence-electron chi connectivity index (χ3n) is 3.50. The minimum Gasteiger partial charge on any atom is -0.497 e. The summed E-state index contributed by atoms with van der Waals surface area (Å²) >= 11 is 0. The van der Waals surface area contributed by atoms with Gasteiger partial charge < -0.3 is 20.1 Å². The summed E-state index contributed by atoms with van der Waals surface area (Å²) < 4.78 is 35.7. The fourth-order valence-corrected chi connectivity index (χ4v) is 2.10. The Bertz CT molecular complexity index is 931. The number of esters is 1. The lowest BCUT2D eigenvalue weighted by Gasteiger charge is -2.07. The van der Waals surface area contributed by atoms with Crippen LogP contribution >= 0.6 is 0 Å². The molecule has 0 radical (unpaired) electrons. The maximum Gasteiger partial charge on any atom is 0.331 e. The van der Waals surface area contributed by atoms with E-state index in [1.807, 2.05) is 0 Å². The highest BCUT2D eigenvalue weighted by Gasteiger charge is 2.09. The van der Waals surface area contributed by atoms with Crippen LogP contribution in [0.4, 0.5) is 14.5 Å². The standard InChI is InChI=1S/C20H18F2N2O5/c1-28-15-4-2-3-13(9-15)5-8-20(27)29-12-19(26)23-11-18(25)24-14-6-7-16(21)17(22)10-14/h2-10H,11-12H2,1H3,(H,23,26)(H,24,25)/b8-5+. The Hall–Kier alpha value is -3.75. The van der Waals surface area contributed by atoms with E-state index in [0.29, 0.717) is 11.3 Å². The van der Waals surface area contributed by atoms with Crippen LogP contribution in [0.2, 0.25) is 0 Å². The molecule has 0 spiro atoms. The predicted octanol–water partition coefficient (Wildman–Crippen LogP) is 2.28. The van der Waals surface area contributed by atoms with Gasteiger partial charge in [0.1, 0.15) is 5.75 Å². The Morgan fingerprint density at radius 3 is 2.55 bits per heavy atom. The lowest BCUT2D eigenvalue weighted by Crippen LogP contribution is -2.35. The molecule has 0 bridgehead atoms. The van der Waals surface area contributed by atoms with Gasteiger partial charge in [-0.2, -0.15) is 0 Å². The average Bonchev–Trinajstić information content (AvgIpc) is 2.72. The van der Waals surface area contributed by atoms with Crippen molar-refractivity contribution in [1.82, 2.24) is 5.32 Å². The first-order valence-corrected chi connectivity index (χ1v) is 8.38. The first-order chi connectivity index (χ1) is 13.9. The largest absolute Gasteiger partial charge is 0.497 e. The molecule has 7 nitrogen and oxygen atoms in total. The quantitative estimate of drug-likeness (QED) is 0.520. The number of halogens is 2. The molecule has 29 heavy (non-hydrogen) atoms. The predicted molar refractivity (Wildman–Crippen MR) is 101 cm³/mol. The van der Waals surface area contributed by atoms with Crippen LogP contribution in [0.15, 0.2) is 48.5 Å². The Balaban J connectivity index is 1.71. The molecule has 0 saturated heterocycles. The van der Waals surface area contributed by atoms with Crippen molar-refractivity contribution >= 4 is 29.5 Å². The van der Waals surface area contributed by atoms with E-state index >= 15 is 0 Å². The molecule has 2 rings (SSSR count). The summed E-state index contributed by atoms with van der Waals surface area (Å²) in [6, 6.07) is 9.82. The van der Waals surface area contributed by atoms with E-state index in [2.05, 4.69) is 10.6 Å². The lowest BCUT2D eigenvalue weighted by atomic mass is 10.2. The maximum absolute atomic E-state index is 13.1. The van der Waals surface area contributed by atoms with E-state index in [-0.39, 0.29) is 5.69 Å². The van der Waals surface area contributed by atoms with Crippen LogP contribution in [0, 0.1) is 11.6 Å². The van der Waals surface area contributed by atoms with Gasteiger partial charge in [0.15, 0.2) is 18.2 Å². The van der Waals surface area contributed by atoms with Crippen molar-refractivity contribution in [2.24, 2.45) is 0 Å². The van der Waals surface area contributed by atoms with Gasteiger partial charge in [-0.1, -0.05) is 12.1 Å². The molecule has 0 aliphatic rings. The van der Waals surface area contributed by atoms with Crippen LogP contribution in [0.1, 0.15) is 5.56 Å². The topological polar surface area (TPSA) is 93.7 Å². The summed E-state index contributed by atoms with van der Waals surface area (Å²) in [5.74, 6) is -3.63. The van der Waals surface area contributed by atoms with Gasteiger partial charge in [-0.3, -0.25) is 9.59 Å². The molecule has 0 aliphatic heterocycles. The highest BCUT2D eigenvalue weighted by atomic mass is 19.2. The van der Waals surface area contributed by atoms with Crippen molar-refractivity contribution < 1.29 is 32.6 Å². The molecule has 0 atom stereocenters. The number of benzene rings is 2. The molecule has 0 saturated carbocycles. The minimum absolute atomic E-state index is 0.0391. The van der Waals surface area contributed by atoms with E-state index in [4.69, 9.17) is 9.47 Å². The van der Waals surface area contributed by atoms with E-state index in [9.17, 15) is 23.2 Å². The molecule has 152 valence electrons. The van der Waals surface area contributed by atoms with Crippen molar-refractivity contribution in [1.29, 1.82) is 0 Å². The fourth-order valence-electron chi connectivity index (χ4n) is 2.10. The highest BCUT2D eigenvalue weighted by molar-refractivity contribution is 5.95. The molecule has 2 aromatic carbocycles. The third kappa shape index (κ3) is 7.41. The lowest BCUT2D eigenvalue weighted by molar-refractivity contribution is -0.143. The monoisotopic (exact) mass is 404 g/mol. The summed E-state index contributed by atoms with van der Waals surface area (Å²) in [5.41, 5.74) is 0.747. The fraction of sp³-hybridized carbons (Fsp3) is 0.150. The number of methoxy groups -OCH3 is 1. The Kier molecular flexibility index (Phi) is 7.84. The van der Waals surface area contributed by atoms with Crippen molar-refractivity contribution in [2.45, 2.75) is 0 Å². The SMILES string of the molecule is COc1cccc(/C=C/C(=O)OCC(=O)NCC(=O)Nc2ccc(F)c(F)c2)c1. The highest BCUT2D eigenvalue weighted by Crippen LogP contribution is 2.14. The first kappa shape index (κ1) is 21.5. The van der Waals surface area contributed by atoms with Crippen LogP contribution in [0.5, 0.6) is 5.75 Å². The van der Waals surface area contributed by atoms with Gasteiger partial charge >= 0.3 is 5.97 Å². The van der Waals surface area contributed by atoms with E-state index < -0.39 is 42.6 Å². The summed E-state index contributed by atoms with van der Waals surface area (Å²) in [6.45, 7) is -1.02. The van der Waals surface area contributed by atoms with E-state index in [1.54, 1.807) is 24.3 Å². The van der Waals surface area contributed by atoms with Crippen molar-refractivity contribution in [3.63, 3.8) is 0 Å². The molecule has 2 aromatic rings. The average molecular weight is 404 g/mol. The van der Waals surface area contributed by atoms with Crippen LogP contribution in [0.3, 0.4) is 0 Å². The number of carbonyl (C=O) groups is 3. The van der Waals surface area contributed by atoms with Gasteiger partial charge in [0.25, 0.3) is 5.91 Å². The number of anilines is 1. The molecule has 0 heterocycles. The second-order valence-corrected chi connectivity index (χ2v) is 5.67. The molecule has 2 N–H and O–H groups in total. The second kappa shape index (κ2) is 10.5. The maximum atomic E-state index is 13.1. The Morgan fingerprint density at radius 1 is 1.03 bits per heavy atom. The third-order valence-corrected chi connectivity index (χ3v) is 3.50. The molecular formula is C20H18F2N2O5. The van der Waals surface area contributed by atoms with Gasteiger partial charge in [-0.15, -0.1) is 0 Å². The second-order valence-electron chi connectivity index (χ2n) is 5.67. The Labute approximate surface area is 165 Å². The zero-order valence-corrected chi connectivity index (χ0v) is 15.4. The molecular weight excluding hydrogens is 386 g/mol. The van der Waals surface area contributed by atoms with Gasteiger partial charge in [0.2, 0.25) is 5.91 Å². The van der Waals surface area contributed by atoms with Crippen LogP contribution in [-0.2, 0) is 19.1 Å². The van der Waals surface area contributed by atoms with Gasteiger partial charge in [0.05, 0.1) is 13.7 Å². The smallest absolute Gasteiger partial charge is 0.331 e. The van der Waals surface area contributed by atoms with Crippen LogP contribution < -0.4 is 15.4 Å². The molecule has 0 fully saturated rings. The molecule has 9 heteroatoms. The van der Waals surface area contributed by atoms with E-state index in [1.165, 1.54) is 19.3 Å². The number of nitrogens with one attached hydrogen (secondary N) is 2. The molecule has 0 aromatic heterocycles. The normalized spacial score (nSPS) is 10.4. The van der Waals surface area contributed by atoms with Gasteiger partial charge in [-0.25, -0.2) is 13.6 Å².